The van der Waals surface area contributed by atoms with E-state index in [0.717, 1.165) is 0 Å². The highest BCUT2D eigenvalue weighted by molar-refractivity contribution is 6.25. The predicted octanol–water partition coefficient (Wildman–Crippen LogP) is 1.34. The molecule has 1 aliphatic rings. The molecule has 0 aromatic rings. The van der Waals surface area contributed by atoms with E-state index in [2.05, 4.69) is 0 Å². The Labute approximate surface area is 69.2 Å². The molecule has 0 bridgehead atoms. The number of carbonyl (C=O) groups is 1. The minimum absolute atomic E-state index is 0.139. The molecule has 62 valence electrons. The summed E-state index contributed by atoms with van der Waals surface area (Å²) in [4.78, 5) is 10.2. The molecule has 1 aliphatic carbocycles. The van der Waals surface area contributed by atoms with E-state index in [1.807, 2.05) is 0 Å². The van der Waals surface area contributed by atoms with Gasteiger partial charge in [-0.05, 0) is 12.5 Å². The first-order chi connectivity index (χ1) is 5.02. The fourth-order valence-corrected chi connectivity index (χ4v) is 1.15. The van der Waals surface area contributed by atoms with Gasteiger partial charge in [0, 0.05) is 12.3 Å². The topological polar surface area (TPSA) is 43.1 Å². The van der Waals surface area contributed by atoms with Crippen LogP contribution in [0.3, 0.4) is 0 Å². The van der Waals surface area contributed by atoms with E-state index in [0.29, 0.717) is 12.8 Å². The zero-order valence-electron chi connectivity index (χ0n) is 5.89. The van der Waals surface area contributed by atoms with E-state index >= 15 is 0 Å². The fourth-order valence-electron chi connectivity index (χ4n) is 0.874. The molecule has 1 saturated carbocycles. The summed E-state index contributed by atoms with van der Waals surface area (Å²) in [5.41, 5.74) is 4.81. The maximum absolute atomic E-state index is 12.6. The van der Waals surface area contributed by atoms with Gasteiger partial charge in [-0.1, -0.05) is 17.7 Å². The first kappa shape index (κ1) is 8.53. The molecule has 0 spiro atoms. The van der Waals surface area contributed by atoms with E-state index in [4.69, 9.17) is 17.3 Å². The summed E-state index contributed by atoms with van der Waals surface area (Å²) in [5, 5.41) is -1.53. The molecule has 0 aromatic heterocycles. The molecule has 1 rings (SSSR count). The number of hydrogen-bond acceptors (Lipinski definition) is 1. The number of allylic oxidation sites excluding steroid dienone is 1. The molecule has 1 amide bonds. The van der Waals surface area contributed by atoms with Crippen LogP contribution in [-0.4, -0.2) is 11.0 Å². The number of carbonyl (C=O) groups excluding carboxylic acids is 1. The van der Waals surface area contributed by atoms with Crippen LogP contribution in [0.5, 0.6) is 0 Å². The van der Waals surface area contributed by atoms with Gasteiger partial charge in [-0.3, -0.25) is 4.79 Å². The first-order valence-corrected chi connectivity index (χ1v) is 3.74. The van der Waals surface area contributed by atoms with Crippen molar-refractivity contribution in [1.29, 1.82) is 0 Å². The number of rotatable bonds is 3. The number of halogens is 2. The van der Waals surface area contributed by atoms with Crippen molar-refractivity contribution in [1.82, 2.24) is 0 Å². The third-order valence-electron chi connectivity index (χ3n) is 1.66. The van der Waals surface area contributed by atoms with Crippen molar-refractivity contribution in [2.75, 3.05) is 0 Å². The zero-order chi connectivity index (χ0) is 8.48. The molecule has 2 nitrogen and oxygen atoms in total. The summed E-state index contributed by atoms with van der Waals surface area (Å²) in [7, 11) is 0. The van der Waals surface area contributed by atoms with Crippen molar-refractivity contribution in [3.05, 3.63) is 12.2 Å². The lowest BCUT2D eigenvalue weighted by molar-refractivity contribution is -0.113. The molecule has 0 radical (unpaired) electrons. The Balaban J connectivity index is 2.20. The van der Waals surface area contributed by atoms with Gasteiger partial charge in [0.2, 0.25) is 5.91 Å². The maximum Gasteiger partial charge on any atom is 0.241 e. The Bertz CT molecular complexity index is 203. The van der Waals surface area contributed by atoms with Crippen molar-refractivity contribution in [3.8, 4) is 0 Å². The molecule has 0 aliphatic heterocycles. The maximum atomic E-state index is 12.6. The second kappa shape index (κ2) is 2.81. The fraction of sp³-hybridized carbons (Fsp3) is 0.571. The summed E-state index contributed by atoms with van der Waals surface area (Å²) >= 11 is 5.31. The Morgan fingerprint density at radius 3 is 2.82 bits per heavy atom. The molecular formula is C7H9ClFNO. The first-order valence-electron chi connectivity index (χ1n) is 3.36. The van der Waals surface area contributed by atoms with Crippen molar-refractivity contribution < 1.29 is 9.18 Å². The van der Waals surface area contributed by atoms with Crippen LogP contribution < -0.4 is 5.73 Å². The molecule has 4 heteroatoms. The summed E-state index contributed by atoms with van der Waals surface area (Å²) < 4.78 is 12.6. The van der Waals surface area contributed by atoms with Crippen LogP contribution in [0.1, 0.15) is 12.8 Å². The van der Waals surface area contributed by atoms with Crippen molar-refractivity contribution in [3.63, 3.8) is 0 Å². The molecule has 0 heterocycles. The van der Waals surface area contributed by atoms with Crippen molar-refractivity contribution in [2.24, 2.45) is 11.7 Å². The highest BCUT2D eigenvalue weighted by Crippen LogP contribution is 2.52. The Morgan fingerprint density at radius 1 is 1.91 bits per heavy atom. The monoisotopic (exact) mass is 177 g/mol. The van der Waals surface area contributed by atoms with Crippen LogP contribution >= 0.6 is 11.6 Å². The van der Waals surface area contributed by atoms with Gasteiger partial charge in [0.05, 0.1) is 0 Å². The van der Waals surface area contributed by atoms with Crippen LogP contribution in [0.4, 0.5) is 4.39 Å². The lowest BCUT2D eigenvalue weighted by Crippen LogP contribution is -2.05. The zero-order valence-corrected chi connectivity index (χ0v) is 6.64. The second-order valence-corrected chi connectivity index (χ2v) is 3.33. The Kier molecular flexibility index (Phi) is 2.18. The third kappa shape index (κ3) is 2.50. The van der Waals surface area contributed by atoms with E-state index in [1.165, 1.54) is 6.08 Å². The molecule has 2 unspecified atom stereocenters. The summed E-state index contributed by atoms with van der Waals surface area (Å²) in [5.74, 6) is -0.649. The average molecular weight is 178 g/mol. The number of alkyl halides is 2. The minimum Gasteiger partial charge on any atom is -0.366 e. The van der Waals surface area contributed by atoms with Gasteiger partial charge in [-0.15, -0.1) is 0 Å². The average Bonchev–Trinajstić information content (AvgIpc) is 2.39. The number of amides is 1. The third-order valence-corrected chi connectivity index (χ3v) is 2.12. The molecular weight excluding hydrogens is 169 g/mol. The van der Waals surface area contributed by atoms with Gasteiger partial charge in [-0.2, -0.15) is 0 Å². The lowest BCUT2D eigenvalue weighted by Gasteiger charge is -1.91. The minimum atomic E-state index is -1.53. The largest absolute Gasteiger partial charge is 0.366 e. The van der Waals surface area contributed by atoms with Gasteiger partial charge in [0.1, 0.15) is 0 Å². The molecule has 11 heavy (non-hydrogen) atoms. The SMILES string of the molecule is NC(=O)/C=C/CC1CC1(F)Cl. The summed E-state index contributed by atoms with van der Waals surface area (Å²) in [6, 6.07) is 0. The van der Waals surface area contributed by atoms with Gasteiger partial charge >= 0.3 is 0 Å². The molecule has 0 saturated heterocycles. The lowest BCUT2D eigenvalue weighted by atomic mass is 10.2. The standard InChI is InChI=1S/C7H9ClFNO/c8-7(9)4-5(7)2-1-3-6(10)11/h1,3,5H,2,4H2,(H2,10,11)/b3-1+. The predicted molar refractivity (Wildman–Crippen MR) is 40.8 cm³/mol. The van der Waals surface area contributed by atoms with Crippen LogP contribution in [0.2, 0.25) is 0 Å². The van der Waals surface area contributed by atoms with E-state index in [1.54, 1.807) is 6.08 Å². The highest BCUT2D eigenvalue weighted by atomic mass is 35.5. The Morgan fingerprint density at radius 2 is 2.45 bits per heavy atom. The van der Waals surface area contributed by atoms with Crippen molar-refractivity contribution in [2.45, 2.75) is 18.0 Å². The van der Waals surface area contributed by atoms with Gasteiger partial charge in [0.25, 0.3) is 0 Å². The van der Waals surface area contributed by atoms with Crippen LogP contribution in [0.15, 0.2) is 12.2 Å². The van der Waals surface area contributed by atoms with Crippen LogP contribution in [0.25, 0.3) is 0 Å². The summed E-state index contributed by atoms with van der Waals surface area (Å²) in [6.45, 7) is 0. The smallest absolute Gasteiger partial charge is 0.241 e. The van der Waals surface area contributed by atoms with Gasteiger partial charge < -0.3 is 5.73 Å². The molecule has 2 atom stereocenters. The van der Waals surface area contributed by atoms with Crippen molar-refractivity contribution >= 4 is 17.5 Å². The molecule has 0 aromatic carbocycles. The van der Waals surface area contributed by atoms with E-state index in [-0.39, 0.29) is 5.92 Å². The van der Waals surface area contributed by atoms with E-state index in [9.17, 15) is 9.18 Å². The molecule has 1 fully saturated rings. The molecule has 2 N–H and O–H groups in total. The second-order valence-electron chi connectivity index (χ2n) is 2.70. The number of nitrogens with two attached hydrogens (primary N) is 1. The Hall–Kier alpha value is -0.570. The van der Waals surface area contributed by atoms with Gasteiger partial charge in [0.15, 0.2) is 5.13 Å². The summed E-state index contributed by atoms with van der Waals surface area (Å²) in [6.07, 6.45) is 3.64. The quantitative estimate of drug-likeness (QED) is 0.513. The number of primary amides is 1. The number of hydrogen-bond donors (Lipinski definition) is 1. The van der Waals surface area contributed by atoms with Crippen LogP contribution in [0, 0.1) is 5.92 Å². The van der Waals surface area contributed by atoms with E-state index < -0.39 is 11.0 Å². The highest BCUT2D eigenvalue weighted by Gasteiger charge is 2.52. The normalized spacial score (nSPS) is 36.0. The van der Waals surface area contributed by atoms with Gasteiger partial charge in [-0.25, -0.2) is 4.39 Å². The van der Waals surface area contributed by atoms with Crippen LogP contribution in [-0.2, 0) is 4.79 Å².